The van der Waals surface area contributed by atoms with Crippen molar-refractivity contribution in [1.29, 1.82) is 0 Å². The summed E-state index contributed by atoms with van der Waals surface area (Å²) in [4.78, 5) is 6.12. The number of rotatable bonds is 4. The number of fused-ring (bicyclic) bond motifs is 1. The van der Waals surface area contributed by atoms with Gasteiger partial charge >= 0.3 is 0 Å². The first-order chi connectivity index (χ1) is 12.0. The molecule has 0 unspecified atom stereocenters. The van der Waals surface area contributed by atoms with Crippen LogP contribution in [0, 0.1) is 6.92 Å². The minimum Gasteiger partial charge on any atom is -0.294 e. The molecule has 0 aromatic carbocycles. The second-order valence-corrected chi connectivity index (χ2v) is 9.19. The van der Waals surface area contributed by atoms with Crippen molar-refractivity contribution in [1.82, 2.24) is 23.5 Å². The molecule has 25 heavy (non-hydrogen) atoms. The van der Waals surface area contributed by atoms with Crippen molar-refractivity contribution in [3.63, 3.8) is 0 Å². The van der Waals surface area contributed by atoms with E-state index in [2.05, 4.69) is 9.50 Å². The summed E-state index contributed by atoms with van der Waals surface area (Å²) < 4.78 is 31.2. The standard InChI is InChI=1S/C16H21N5O2S2/c1-3-19-11-14(9-17-19)25(22,23)20-6-4-5-13(10-20)15-16-21(7-8-24-16)12(2)18-15/h7-9,11,13H,3-6,10H2,1-2H3/t13-/m1/s1. The highest BCUT2D eigenvalue weighted by molar-refractivity contribution is 7.89. The van der Waals surface area contributed by atoms with E-state index in [1.165, 1.54) is 6.20 Å². The summed E-state index contributed by atoms with van der Waals surface area (Å²) in [6.07, 6.45) is 6.87. The Balaban J connectivity index is 1.63. The predicted molar refractivity (Wildman–Crippen MR) is 96.4 cm³/mol. The molecular formula is C16H21N5O2S2. The molecule has 3 aromatic heterocycles. The first-order valence-corrected chi connectivity index (χ1v) is 10.8. The van der Waals surface area contributed by atoms with Gasteiger partial charge in [0.1, 0.15) is 15.6 Å². The van der Waals surface area contributed by atoms with Crippen LogP contribution in [0.1, 0.15) is 37.2 Å². The summed E-state index contributed by atoms with van der Waals surface area (Å²) >= 11 is 1.66. The number of imidazole rings is 1. The van der Waals surface area contributed by atoms with Gasteiger partial charge in [-0.2, -0.15) is 9.40 Å². The second-order valence-electron chi connectivity index (χ2n) is 6.36. The molecule has 3 aromatic rings. The number of sulfonamides is 1. The van der Waals surface area contributed by atoms with E-state index in [0.717, 1.165) is 29.2 Å². The van der Waals surface area contributed by atoms with Crippen molar-refractivity contribution >= 4 is 26.2 Å². The number of hydrogen-bond acceptors (Lipinski definition) is 5. The Morgan fingerprint density at radius 1 is 1.40 bits per heavy atom. The molecule has 1 aliphatic heterocycles. The summed E-state index contributed by atoms with van der Waals surface area (Å²) in [7, 11) is -3.51. The molecule has 0 radical (unpaired) electrons. The maximum atomic E-state index is 13.0. The molecule has 1 fully saturated rings. The van der Waals surface area contributed by atoms with Gasteiger partial charge in [0.2, 0.25) is 10.0 Å². The zero-order valence-corrected chi connectivity index (χ0v) is 15.9. The number of nitrogens with zero attached hydrogens (tertiary/aromatic N) is 5. The monoisotopic (exact) mass is 379 g/mol. The normalized spacial score (nSPS) is 19.7. The minimum atomic E-state index is -3.51. The van der Waals surface area contributed by atoms with E-state index >= 15 is 0 Å². The Labute approximate surface area is 151 Å². The van der Waals surface area contributed by atoms with Crippen molar-refractivity contribution in [2.24, 2.45) is 0 Å². The minimum absolute atomic E-state index is 0.132. The molecule has 1 atom stereocenters. The van der Waals surface area contributed by atoms with E-state index in [-0.39, 0.29) is 10.8 Å². The van der Waals surface area contributed by atoms with E-state index in [4.69, 9.17) is 4.98 Å². The summed E-state index contributed by atoms with van der Waals surface area (Å²) in [5.74, 6) is 1.09. The van der Waals surface area contributed by atoms with Gasteiger partial charge in [-0.3, -0.25) is 9.08 Å². The van der Waals surface area contributed by atoms with E-state index < -0.39 is 10.0 Å². The lowest BCUT2D eigenvalue weighted by Crippen LogP contribution is -2.39. The van der Waals surface area contributed by atoms with E-state index in [1.807, 2.05) is 25.4 Å². The highest BCUT2D eigenvalue weighted by Crippen LogP contribution is 2.33. The summed E-state index contributed by atoms with van der Waals surface area (Å²) in [5, 5.41) is 6.15. The number of piperidine rings is 1. The molecule has 9 heteroatoms. The Morgan fingerprint density at radius 2 is 2.24 bits per heavy atom. The molecule has 0 saturated carbocycles. The van der Waals surface area contributed by atoms with Crippen LogP contribution in [0.3, 0.4) is 0 Å². The van der Waals surface area contributed by atoms with Gasteiger partial charge in [-0.15, -0.1) is 11.3 Å². The maximum Gasteiger partial charge on any atom is 0.246 e. The van der Waals surface area contributed by atoms with Gasteiger partial charge in [0.15, 0.2) is 0 Å². The lowest BCUT2D eigenvalue weighted by molar-refractivity contribution is 0.314. The van der Waals surface area contributed by atoms with Crippen LogP contribution in [0.15, 0.2) is 28.9 Å². The fourth-order valence-electron chi connectivity index (χ4n) is 3.44. The zero-order chi connectivity index (χ0) is 17.6. The Kier molecular flexibility index (Phi) is 4.17. The van der Waals surface area contributed by atoms with Gasteiger partial charge in [-0.25, -0.2) is 13.4 Å². The molecule has 0 bridgehead atoms. The van der Waals surface area contributed by atoms with Crippen LogP contribution >= 0.6 is 11.3 Å². The van der Waals surface area contributed by atoms with Crippen molar-refractivity contribution in [2.45, 2.75) is 44.0 Å². The second kappa shape index (κ2) is 6.22. The van der Waals surface area contributed by atoms with Gasteiger partial charge in [-0.1, -0.05) is 0 Å². The summed E-state index contributed by atoms with van der Waals surface area (Å²) in [6.45, 7) is 5.61. The van der Waals surface area contributed by atoms with Gasteiger partial charge in [0.05, 0.1) is 11.9 Å². The molecular weight excluding hydrogens is 358 g/mol. The van der Waals surface area contributed by atoms with E-state index in [9.17, 15) is 8.42 Å². The fraction of sp³-hybridized carbons (Fsp3) is 0.500. The van der Waals surface area contributed by atoms with Crippen molar-refractivity contribution in [3.8, 4) is 0 Å². The van der Waals surface area contributed by atoms with Crippen molar-refractivity contribution in [2.75, 3.05) is 13.1 Å². The summed E-state index contributed by atoms with van der Waals surface area (Å²) in [5.41, 5.74) is 1.02. The van der Waals surface area contributed by atoms with Gasteiger partial charge in [0.25, 0.3) is 0 Å². The predicted octanol–water partition coefficient (Wildman–Crippen LogP) is 2.49. The molecule has 0 amide bonds. The quantitative estimate of drug-likeness (QED) is 0.698. The SMILES string of the molecule is CCn1cc(S(=O)(=O)N2CCC[C@@H](c3nc(C)n4ccsc34)C2)cn1. The average Bonchev–Trinajstić information content (AvgIpc) is 3.33. The molecule has 0 N–H and O–H groups in total. The summed E-state index contributed by atoms with van der Waals surface area (Å²) in [6, 6.07) is 0. The number of thiazole rings is 1. The third kappa shape index (κ3) is 2.80. The topological polar surface area (TPSA) is 72.5 Å². The van der Waals surface area contributed by atoms with Crippen LogP contribution in [0.25, 0.3) is 4.83 Å². The Morgan fingerprint density at radius 3 is 3.00 bits per heavy atom. The molecule has 1 aliphatic rings. The average molecular weight is 380 g/mol. The number of hydrogen-bond donors (Lipinski definition) is 0. The fourth-order valence-corrected chi connectivity index (χ4v) is 5.87. The first-order valence-electron chi connectivity index (χ1n) is 8.45. The molecule has 134 valence electrons. The number of aromatic nitrogens is 4. The van der Waals surface area contributed by atoms with Gasteiger partial charge in [-0.05, 0) is 26.7 Å². The largest absolute Gasteiger partial charge is 0.294 e. The third-order valence-electron chi connectivity index (χ3n) is 4.80. The van der Waals surface area contributed by atoms with Crippen LogP contribution in [0.4, 0.5) is 0 Å². The molecule has 1 saturated heterocycles. The maximum absolute atomic E-state index is 13.0. The highest BCUT2D eigenvalue weighted by Gasteiger charge is 2.33. The Hall–Kier alpha value is -1.71. The highest BCUT2D eigenvalue weighted by atomic mass is 32.2. The van der Waals surface area contributed by atoms with Crippen LogP contribution < -0.4 is 0 Å². The lowest BCUT2D eigenvalue weighted by Gasteiger charge is -2.30. The Bertz CT molecular complexity index is 1000. The smallest absolute Gasteiger partial charge is 0.246 e. The third-order valence-corrected chi connectivity index (χ3v) is 7.51. The van der Waals surface area contributed by atoms with E-state index in [0.29, 0.717) is 19.6 Å². The molecule has 4 rings (SSSR count). The number of aryl methyl sites for hydroxylation is 2. The molecule has 7 nitrogen and oxygen atoms in total. The van der Waals surface area contributed by atoms with Crippen LogP contribution in [-0.4, -0.2) is 45.0 Å². The lowest BCUT2D eigenvalue weighted by atomic mass is 9.97. The molecule has 0 aliphatic carbocycles. The zero-order valence-electron chi connectivity index (χ0n) is 14.3. The van der Waals surface area contributed by atoms with Gasteiger partial charge < -0.3 is 0 Å². The van der Waals surface area contributed by atoms with Crippen molar-refractivity contribution < 1.29 is 8.42 Å². The van der Waals surface area contributed by atoms with Gasteiger partial charge in [0, 0.05) is 43.3 Å². The molecule has 4 heterocycles. The first kappa shape index (κ1) is 16.7. The van der Waals surface area contributed by atoms with Crippen LogP contribution in [-0.2, 0) is 16.6 Å². The van der Waals surface area contributed by atoms with Crippen molar-refractivity contribution in [3.05, 3.63) is 35.5 Å². The van der Waals surface area contributed by atoms with Crippen LogP contribution in [0.5, 0.6) is 0 Å². The van der Waals surface area contributed by atoms with Crippen LogP contribution in [0.2, 0.25) is 0 Å². The van der Waals surface area contributed by atoms with E-state index in [1.54, 1.807) is 26.5 Å². The molecule has 0 spiro atoms.